The van der Waals surface area contributed by atoms with Gasteiger partial charge in [0.1, 0.15) is 6.10 Å². The van der Waals surface area contributed by atoms with Gasteiger partial charge in [0.2, 0.25) is 5.88 Å². The van der Waals surface area contributed by atoms with E-state index in [9.17, 15) is 13.9 Å². The highest BCUT2D eigenvalue weighted by Gasteiger charge is 2.27. The number of hydrogen-bond donors (Lipinski definition) is 2. The molecule has 2 heterocycles. The van der Waals surface area contributed by atoms with E-state index in [4.69, 9.17) is 10.5 Å². The second-order valence-electron chi connectivity index (χ2n) is 3.73. The lowest BCUT2D eigenvalue weighted by Gasteiger charge is -2.24. The van der Waals surface area contributed by atoms with Crippen LogP contribution in [-0.4, -0.2) is 34.0 Å². The summed E-state index contributed by atoms with van der Waals surface area (Å²) in [6.07, 6.45) is -2.75. The molecule has 1 aromatic heterocycles. The summed E-state index contributed by atoms with van der Waals surface area (Å²) in [5, 5.41) is 13.7. The molecule has 90 valence electrons. The Balaban J connectivity index is 2.11. The average molecular weight is 233 g/mol. The Labute approximate surface area is 90.8 Å². The summed E-state index contributed by atoms with van der Waals surface area (Å²) in [7, 11) is 0. The minimum Gasteiger partial charge on any atom is -0.471 e. The summed E-state index contributed by atoms with van der Waals surface area (Å²) >= 11 is 0. The molecule has 0 unspecified atom stereocenters. The number of alkyl halides is 2. The molecule has 1 aliphatic rings. The second-order valence-corrected chi connectivity index (χ2v) is 3.73. The van der Waals surface area contributed by atoms with Crippen molar-refractivity contribution in [3.63, 3.8) is 0 Å². The molecule has 0 bridgehead atoms. The fourth-order valence-corrected chi connectivity index (χ4v) is 1.69. The Hall–Kier alpha value is -1.21. The lowest BCUT2D eigenvalue weighted by atomic mass is 10.0. The standard InChI is InChI=1S/C9H13F2N3O2/c10-7(11)4-16-8-3-6-9(15)5(12)1-2-14(6)13-8/h3,5,7,9,15H,1-2,4,12H2/t5-,9+/m0/s1. The van der Waals surface area contributed by atoms with E-state index in [2.05, 4.69) is 5.10 Å². The van der Waals surface area contributed by atoms with Gasteiger partial charge in [-0.05, 0) is 6.42 Å². The van der Waals surface area contributed by atoms with Gasteiger partial charge in [-0.3, -0.25) is 4.68 Å². The average Bonchev–Trinajstić information content (AvgIpc) is 2.64. The molecule has 0 saturated carbocycles. The number of aliphatic hydroxyl groups excluding tert-OH is 1. The van der Waals surface area contributed by atoms with E-state index in [0.29, 0.717) is 18.7 Å². The molecule has 0 amide bonds. The van der Waals surface area contributed by atoms with Gasteiger partial charge in [-0.2, -0.15) is 0 Å². The van der Waals surface area contributed by atoms with Crippen LogP contribution < -0.4 is 10.5 Å². The molecule has 1 aliphatic heterocycles. The van der Waals surface area contributed by atoms with E-state index >= 15 is 0 Å². The van der Waals surface area contributed by atoms with Gasteiger partial charge in [-0.25, -0.2) is 8.78 Å². The van der Waals surface area contributed by atoms with E-state index in [1.807, 2.05) is 0 Å². The van der Waals surface area contributed by atoms with Gasteiger partial charge in [0, 0.05) is 18.7 Å². The molecule has 1 aromatic rings. The van der Waals surface area contributed by atoms with E-state index in [1.54, 1.807) is 0 Å². The first kappa shape index (κ1) is 11.3. The summed E-state index contributed by atoms with van der Waals surface area (Å²) in [6, 6.07) is 1.11. The van der Waals surface area contributed by atoms with Crippen molar-refractivity contribution in [2.24, 2.45) is 5.73 Å². The van der Waals surface area contributed by atoms with Gasteiger partial charge < -0.3 is 15.6 Å². The number of aromatic nitrogens is 2. The zero-order valence-electron chi connectivity index (χ0n) is 8.51. The van der Waals surface area contributed by atoms with Crippen LogP contribution >= 0.6 is 0 Å². The Morgan fingerprint density at radius 2 is 2.44 bits per heavy atom. The van der Waals surface area contributed by atoms with Crippen molar-refractivity contribution < 1.29 is 18.6 Å². The Morgan fingerprint density at radius 1 is 1.69 bits per heavy atom. The van der Waals surface area contributed by atoms with Crippen molar-refractivity contribution in [1.29, 1.82) is 0 Å². The molecule has 0 spiro atoms. The van der Waals surface area contributed by atoms with Crippen molar-refractivity contribution >= 4 is 0 Å². The van der Waals surface area contributed by atoms with Crippen LogP contribution in [0.4, 0.5) is 8.78 Å². The number of nitrogens with zero attached hydrogens (tertiary/aromatic N) is 2. The van der Waals surface area contributed by atoms with Crippen LogP contribution in [0.25, 0.3) is 0 Å². The molecule has 0 aromatic carbocycles. The maximum Gasteiger partial charge on any atom is 0.272 e. The van der Waals surface area contributed by atoms with Gasteiger partial charge in [0.05, 0.1) is 5.69 Å². The van der Waals surface area contributed by atoms with Crippen LogP contribution in [0.2, 0.25) is 0 Å². The molecule has 0 fully saturated rings. The molecule has 0 saturated heterocycles. The van der Waals surface area contributed by atoms with Gasteiger partial charge in [-0.15, -0.1) is 5.10 Å². The van der Waals surface area contributed by atoms with Crippen LogP contribution in [0.5, 0.6) is 5.88 Å². The third kappa shape index (κ3) is 2.14. The number of ether oxygens (including phenoxy) is 1. The van der Waals surface area contributed by atoms with Crippen LogP contribution in [-0.2, 0) is 6.54 Å². The third-order valence-corrected chi connectivity index (χ3v) is 2.53. The molecule has 3 N–H and O–H groups in total. The highest BCUT2D eigenvalue weighted by atomic mass is 19.3. The summed E-state index contributed by atoms with van der Waals surface area (Å²) in [6.45, 7) is -0.135. The van der Waals surface area contributed by atoms with Gasteiger partial charge >= 0.3 is 0 Å². The first-order chi connectivity index (χ1) is 7.58. The predicted molar refractivity (Wildman–Crippen MR) is 51.3 cm³/mol. The van der Waals surface area contributed by atoms with E-state index in [-0.39, 0.29) is 11.9 Å². The third-order valence-electron chi connectivity index (χ3n) is 2.53. The summed E-state index contributed by atoms with van der Waals surface area (Å²) in [4.78, 5) is 0. The van der Waals surface area contributed by atoms with Gasteiger partial charge in [0.15, 0.2) is 6.61 Å². The highest BCUT2D eigenvalue weighted by molar-refractivity contribution is 5.20. The van der Waals surface area contributed by atoms with E-state index in [0.717, 1.165) is 0 Å². The SMILES string of the molecule is N[C@H]1CCn2nc(OCC(F)F)cc2[C@@H]1O. The molecule has 16 heavy (non-hydrogen) atoms. The summed E-state index contributed by atoms with van der Waals surface area (Å²) in [5.74, 6) is 0.100. The molecule has 5 nitrogen and oxygen atoms in total. The fourth-order valence-electron chi connectivity index (χ4n) is 1.69. The molecular formula is C9H13F2N3O2. The predicted octanol–water partition coefficient (Wildman–Crippen LogP) is 0.291. The monoisotopic (exact) mass is 233 g/mol. The lowest BCUT2D eigenvalue weighted by Crippen LogP contribution is -2.35. The van der Waals surface area contributed by atoms with Crippen molar-refractivity contribution in [3.05, 3.63) is 11.8 Å². The minimum atomic E-state index is -2.54. The molecule has 7 heteroatoms. The number of aryl methyl sites for hydroxylation is 1. The number of rotatable bonds is 3. The van der Waals surface area contributed by atoms with Gasteiger partial charge in [-0.1, -0.05) is 0 Å². The Morgan fingerprint density at radius 3 is 3.12 bits per heavy atom. The minimum absolute atomic E-state index is 0.100. The topological polar surface area (TPSA) is 73.3 Å². The Bertz CT molecular complexity index is 370. The zero-order valence-corrected chi connectivity index (χ0v) is 8.51. The number of hydrogen-bond acceptors (Lipinski definition) is 4. The number of halogens is 2. The largest absolute Gasteiger partial charge is 0.471 e. The van der Waals surface area contributed by atoms with Crippen molar-refractivity contribution in [2.75, 3.05) is 6.61 Å². The number of nitrogens with two attached hydrogens (primary N) is 1. The first-order valence-electron chi connectivity index (χ1n) is 5.00. The normalized spacial score (nSPS) is 24.6. The number of aliphatic hydroxyl groups is 1. The van der Waals surface area contributed by atoms with Crippen LogP contribution in [0.15, 0.2) is 6.07 Å². The summed E-state index contributed by atoms with van der Waals surface area (Å²) in [5.41, 5.74) is 6.19. The van der Waals surface area contributed by atoms with Gasteiger partial charge in [0.25, 0.3) is 6.43 Å². The van der Waals surface area contributed by atoms with Crippen LogP contribution in [0.1, 0.15) is 18.2 Å². The lowest BCUT2D eigenvalue weighted by molar-refractivity contribution is 0.0790. The van der Waals surface area contributed by atoms with Crippen LogP contribution in [0.3, 0.4) is 0 Å². The summed E-state index contributed by atoms with van der Waals surface area (Å²) < 4.78 is 30.1. The van der Waals surface area contributed by atoms with Crippen molar-refractivity contribution in [1.82, 2.24) is 9.78 Å². The quantitative estimate of drug-likeness (QED) is 0.787. The highest BCUT2D eigenvalue weighted by Crippen LogP contribution is 2.26. The molecule has 0 aliphatic carbocycles. The zero-order chi connectivity index (χ0) is 11.7. The van der Waals surface area contributed by atoms with Crippen molar-refractivity contribution in [3.8, 4) is 5.88 Å². The first-order valence-corrected chi connectivity index (χ1v) is 5.00. The molecule has 2 atom stereocenters. The molecular weight excluding hydrogens is 220 g/mol. The molecule has 0 radical (unpaired) electrons. The van der Waals surface area contributed by atoms with Crippen molar-refractivity contribution in [2.45, 2.75) is 31.5 Å². The van der Waals surface area contributed by atoms with E-state index in [1.165, 1.54) is 10.7 Å². The molecule has 2 rings (SSSR count). The van der Waals surface area contributed by atoms with Crippen LogP contribution in [0, 0.1) is 0 Å². The smallest absolute Gasteiger partial charge is 0.272 e. The van der Waals surface area contributed by atoms with E-state index < -0.39 is 19.1 Å². The number of fused-ring (bicyclic) bond motifs is 1. The maximum absolute atomic E-state index is 11.9. The maximum atomic E-state index is 11.9. The second kappa shape index (κ2) is 4.34. The Kier molecular flexibility index (Phi) is 3.06. The fraction of sp³-hybridized carbons (Fsp3) is 0.667.